The van der Waals surface area contributed by atoms with Gasteiger partial charge in [-0.1, -0.05) is 38.0 Å². The van der Waals surface area contributed by atoms with Gasteiger partial charge in [0.25, 0.3) is 0 Å². The molecule has 1 aliphatic rings. The number of nitrogens with two attached hydrogens (primary N) is 1. The molecular weight excluding hydrogens is 326 g/mol. The molecule has 2 nitrogen and oxygen atoms in total. The molecule has 0 unspecified atom stereocenters. The van der Waals surface area contributed by atoms with Crippen LogP contribution in [0.2, 0.25) is 0 Å². The number of hydrogen-bond acceptors (Lipinski definition) is 3. The third-order valence-corrected chi connectivity index (χ3v) is 6.65. The molecule has 1 aliphatic carbocycles. The fourth-order valence-corrected chi connectivity index (χ4v) is 5.14. The third-order valence-electron chi connectivity index (χ3n) is 5.39. The molecule has 1 aromatic carbocycles. The Bertz CT molecular complexity index is 691. The van der Waals surface area contributed by atoms with Gasteiger partial charge >= 0.3 is 0 Å². The first-order chi connectivity index (χ1) is 12.3. The Balaban J connectivity index is 1.80. The van der Waals surface area contributed by atoms with E-state index in [9.17, 15) is 0 Å². The zero-order valence-corrected chi connectivity index (χ0v) is 16.2. The van der Waals surface area contributed by atoms with Gasteiger partial charge in [0.05, 0.1) is 0 Å². The first-order valence-corrected chi connectivity index (χ1v) is 10.6. The van der Waals surface area contributed by atoms with Crippen LogP contribution in [0, 0.1) is 0 Å². The average Bonchev–Trinajstić information content (AvgIpc) is 3.05. The van der Waals surface area contributed by atoms with Crippen molar-refractivity contribution in [2.24, 2.45) is 5.73 Å². The van der Waals surface area contributed by atoms with Crippen molar-refractivity contribution in [2.45, 2.75) is 64.2 Å². The van der Waals surface area contributed by atoms with Gasteiger partial charge in [-0.2, -0.15) is 0 Å². The fraction of sp³-hybridized carbons (Fsp3) is 0.545. The first kappa shape index (κ1) is 18.6. The molecule has 3 N–H and O–H groups in total. The van der Waals surface area contributed by atoms with E-state index in [1.54, 1.807) is 9.75 Å². The Labute approximate surface area is 156 Å². The van der Waals surface area contributed by atoms with Crippen molar-refractivity contribution in [3.05, 3.63) is 45.1 Å². The maximum atomic E-state index is 9.10. The van der Waals surface area contributed by atoms with Gasteiger partial charge in [0, 0.05) is 16.4 Å². The number of unbranched alkanes of at least 4 members (excludes halogenated alkanes) is 2. The molecule has 0 amide bonds. The standard InChI is InChI=1S/C22H31NOS/c1-2-3-4-7-19-14-21-20-10-8-16(18(15-23)6-5-12-24)13-17(20)9-11-22(21)25-19/h8,10,13-14,18,24H,2-7,9,11-12,15,23H2,1H3/t18-/m0/s1. The van der Waals surface area contributed by atoms with Crippen molar-refractivity contribution >= 4 is 11.3 Å². The molecule has 0 saturated carbocycles. The molecule has 1 atom stereocenters. The lowest BCUT2D eigenvalue weighted by atomic mass is 9.85. The van der Waals surface area contributed by atoms with E-state index in [0.29, 0.717) is 12.5 Å². The predicted octanol–water partition coefficient (Wildman–Crippen LogP) is 5.06. The van der Waals surface area contributed by atoms with Gasteiger partial charge < -0.3 is 10.8 Å². The summed E-state index contributed by atoms with van der Waals surface area (Å²) in [6.07, 6.45) is 9.27. The Morgan fingerprint density at radius 2 is 2.00 bits per heavy atom. The van der Waals surface area contributed by atoms with E-state index in [-0.39, 0.29) is 6.61 Å². The highest BCUT2D eigenvalue weighted by Gasteiger charge is 2.20. The lowest BCUT2D eigenvalue weighted by molar-refractivity contribution is 0.280. The highest BCUT2D eigenvalue weighted by atomic mass is 32.1. The summed E-state index contributed by atoms with van der Waals surface area (Å²) in [6, 6.07) is 9.39. The number of fused-ring (bicyclic) bond motifs is 3. The van der Waals surface area contributed by atoms with Crippen molar-refractivity contribution in [3.8, 4) is 11.1 Å². The van der Waals surface area contributed by atoms with Crippen molar-refractivity contribution in [3.63, 3.8) is 0 Å². The van der Waals surface area contributed by atoms with Crippen molar-refractivity contribution in [1.82, 2.24) is 0 Å². The zero-order chi connectivity index (χ0) is 17.6. The van der Waals surface area contributed by atoms with E-state index in [0.717, 1.165) is 19.3 Å². The molecule has 1 heterocycles. The predicted molar refractivity (Wildman–Crippen MR) is 109 cm³/mol. The smallest absolute Gasteiger partial charge is 0.0431 e. The molecule has 3 rings (SSSR count). The van der Waals surface area contributed by atoms with E-state index in [2.05, 4.69) is 31.2 Å². The summed E-state index contributed by atoms with van der Waals surface area (Å²) in [4.78, 5) is 3.13. The van der Waals surface area contributed by atoms with Crippen LogP contribution in [0.4, 0.5) is 0 Å². The number of rotatable bonds is 9. The molecule has 3 heteroatoms. The maximum Gasteiger partial charge on any atom is 0.0431 e. The molecule has 0 fully saturated rings. The van der Waals surface area contributed by atoms with E-state index >= 15 is 0 Å². The zero-order valence-electron chi connectivity index (χ0n) is 15.4. The number of hydrogen-bond donors (Lipinski definition) is 2. The van der Waals surface area contributed by atoms with Gasteiger partial charge in [0.1, 0.15) is 0 Å². The van der Waals surface area contributed by atoms with E-state index in [4.69, 9.17) is 10.8 Å². The van der Waals surface area contributed by atoms with Gasteiger partial charge in [-0.15, -0.1) is 11.3 Å². The molecule has 1 aromatic heterocycles. The Kier molecular flexibility index (Phi) is 6.69. The molecular formula is C22H31NOS. The van der Waals surface area contributed by atoms with Gasteiger partial charge in [-0.3, -0.25) is 0 Å². The minimum absolute atomic E-state index is 0.251. The summed E-state index contributed by atoms with van der Waals surface area (Å²) in [5.41, 5.74) is 11.7. The Hall–Kier alpha value is -1.16. The van der Waals surface area contributed by atoms with Crippen molar-refractivity contribution < 1.29 is 5.11 Å². The minimum Gasteiger partial charge on any atom is -0.396 e. The number of benzene rings is 1. The summed E-state index contributed by atoms with van der Waals surface area (Å²) < 4.78 is 0. The monoisotopic (exact) mass is 357 g/mol. The molecule has 0 radical (unpaired) electrons. The Morgan fingerprint density at radius 1 is 1.12 bits per heavy atom. The highest BCUT2D eigenvalue weighted by Crippen LogP contribution is 2.40. The molecule has 0 spiro atoms. The SMILES string of the molecule is CCCCCc1cc2c(s1)CCc1cc([C@H](CN)CCCO)ccc1-2. The van der Waals surface area contributed by atoms with E-state index < -0.39 is 0 Å². The van der Waals surface area contributed by atoms with Crippen molar-refractivity contribution in [1.29, 1.82) is 0 Å². The molecule has 0 aliphatic heterocycles. The normalized spacial score (nSPS) is 14.2. The second-order valence-electron chi connectivity index (χ2n) is 7.22. The summed E-state index contributed by atoms with van der Waals surface area (Å²) in [7, 11) is 0. The van der Waals surface area contributed by atoms with E-state index in [1.165, 1.54) is 54.4 Å². The van der Waals surface area contributed by atoms with Crippen LogP contribution in [-0.2, 0) is 19.3 Å². The highest BCUT2D eigenvalue weighted by molar-refractivity contribution is 7.12. The van der Waals surface area contributed by atoms with Crippen LogP contribution in [-0.4, -0.2) is 18.3 Å². The van der Waals surface area contributed by atoms with Crippen molar-refractivity contribution in [2.75, 3.05) is 13.2 Å². The number of aliphatic hydroxyl groups is 1. The first-order valence-electron chi connectivity index (χ1n) is 9.82. The lowest BCUT2D eigenvalue weighted by Gasteiger charge is -2.21. The number of aryl methyl sites for hydroxylation is 3. The topological polar surface area (TPSA) is 46.2 Å². The molecule has 136 valence electrons. The van der Waals surface area contributed by atoms with Crippen LogP contribution >= 0.6 is 11.3 Å². The van der Waals surface area contributed by atoms with Gasteiger partial charge in [0.15, 0.2) is 0 Å². The van der Waals surface area contributed by atoms with Gasteiger partial charge in [-0.25, -0.2) is 0 Å². The maximum absolute atomic E-state index is 9.10. The average molecular weight is 358 g/mol. The van der Waals surface area contributed by atoms with E-state index in [1.807, 2.05) is 11.3 Å². The van der Waals surface area contributed by atoms with Crippen LogP contribution in [0.5, 0.6) is 0 Å². The fourth-order valence-electron chi connectivity index (χ4n) is 3.91. The molecule has 0 saturated heterocycles. The molecule has 0 bridgehead atoms. The van der Waals surface area contributed by atoms with Crippen LogP contribution in [0.1, 0.15) is 65.8 Å². The van der Waals surface area contributed by atoms with Gasteiger partial charge in [0.2, 0.25) is 0 Å². The largest absolute Gasteiger partial charge is 0.396 e. The van der Waals surface area contributed by atoms with Crippen LogP contribution in [0.25, 0.3) is 11.1 Å². The van der Waals surface area contributed by atoms with Crippen LogP contribution < -0.4 is 5.73 Å². The number of thiophene rings is 1. The van der Waals surface area contributed by atoms with Gasteiger partial charge in [-0.05, 0) is 79.3 Å². The second-order valence-corrected chi connectivity index (χ2v) is 8.44. The lowest BCUT2D eigenvalue weighted by Crippen LogP contribution is -2.14. The quantitative estimate of drug-likeness (QED) is 0.616. The Morgan fingerprint density at radius 3 is 2.76 bits per heavy atom. The summed E-state index contributed by atoms with van der Waals surface area (Å²) in [5, 5.41) is 9.10. The summed E-state index contributed by atoms with van der Waals surface area (Å²) in [6.45, 7) is 3.17. The molecule has 2 aromatic rings. The third kappa shape index (κ3) is 4.33. The van der Waals surface area contributed by atoms with Crippen LogP contribution in [0.15, 0.2) is 24.3 Å². The summed E-state index contributed by atoms with van der Waals surface area (Å²) in [5.74, 6) is 0.367. The minimum atomic E-state index is 0.251. The second kappa shape index (κ2) is 8.98. The number of aliphatic hydroxyl groups excluding tert-OH is 1. The van der Waals surface area contributed by atoms with Crippen LogP contribution in [0.3, 0.4) is 0 Å². The molecule has 25 heavy (non-hydrogen) atoms. The summed E-state index contributed by atoms with van der Waals surface area (Å²) >= 11 is 2.03.